The molecule has 6 nitrogen and oxygen atoms in total. The van der Waals surface area contributed by atoms with Gasteiger partial charge in [0.15, 0.2) is 5.82 Å². The highest BCUT2D eigenvalue weighted by Gasteiger charge is 2.27. The molecule has 0 unspecified atom stereocenters. The monoisotopic (exact) mass is 379 g/mol. The maximum Gasteiger partial charge on any atom is 0.259 e. The molecule has 1 N–H and O–H groups in total. The van der Waals surface area contributed by atoms with Crippen molar-refractivity contribution in [3.63, 3.8) is 0 Å². The summed E-state index contributed by atoms with van der Waals surface area (Å²) in [7, 11) is 0. The van der Waals surface area contributed by atoms with Gasteiger partial charge < -0.3 is 9.88 Å². The summed E-state index contributed by atoms with van der Waals surface area (Å²) in [5, 5.41) is 10.8. The third-order valence-corrected chi connectivity index (χ3v) is 4.97. The van der Waals surface area contributed by atoms with Crippen molar-refractivity contribution in [3.8, 4) is 11.5 Å². The van der Waals surface area contributed by atoms with Crippen molar-refractivity contribution >= 4 is 11.7 Å². The van der Waals surface area contributed by atoms with Crippen LogP contribution in [0.2, 0.25) is 0 Å². The zero-order valence-corrected chi connectivity index (χ0v) is 16.1. The second-order valence-electron chi connectivity index (χ2n) is 7.48. The molecule has 0 saturated heterocycles. The Morgan fingerprint density at radius 3 is 2.79 bits per heavy atom. The van der Waals surface area contributed by atoms with Crippen molar-refractivity contribution in [2.24, 2.45) is 0 Å². The van der Waals surface area contributed by atoms with Crippen LogP contribution in [0.3, 0.4) is 0 Å². The Morgan fingerprint density at radius 2 is 2.07 bits per heavy atom. The van der Waals surface area contributed by atoms with Crippen molar-refractivity contribution in [1.29, 1.82) is 0 Å². The van der Waals surface area contributed by atoms with Crippen LogP contribution < -0.4 is 5.32 Å². The van der Waals surface area contributed by atoms with Gasteiger partial charge in [-0.3, -0.25) is 4.79 Å². The number of aryl methyl sites for hydroxylation is 1. The molecule has 4 rings (SSSR count). The number of amides is 1. The number of nitrogens with zero attached hydrogens (tertiary/aromatic N) is 4. The summed E-state index contributed by atoms with van der Waals surface area (Å²) in [6.07, 6.45) is 3.83. The van der Waals surface area contributed by atoms with E-state index in [2.05, 4.69) is 20.5 Å². The smallest absolute Gasteiger partial charge is 0.259 e. The lowest BCUT2D eigenvalue weighted by molar-refractivity contribution is 0.102. The maximum absolute atomic E-state index is 14.4. The number of hydrogen-bond donors (Lipinski definition) is 1. The fourth-order valence-corrected chi connectivity index (χ4v) is 3.31. The van der Waals surface area contributed by atoms with Gasteiger partial charge in [-0.25, -0.2) is 9.37 Å². The second-order valence-corrected chi connectivity index (χ2v) is 7.48. The lowest BCUT2D eigenvalue weighted by Gasteiger charge is -2.12. The normalized spacial score (nSPS) is 13.8. The van der Waals surface area contributed by atoms with E-state index in [0.717, 1.165) is 24.0 Å². The van der Waals surface area contributed by atoms with Crippen LogP contribution in [0.1, 0.15) is 60.1 Å². The number of nitrogens with one attached hydrogen (secondary N) is 1. The van der Waals surface area contributed by atoms with Gasteiger partial charge in [0.1, 0.15) is 23.7 Å². The van der Waals surface area contributed by atoms with Crippen molar-refractivity contribution in [2.75, 3.05) is 5.32 Å². The summed E-state index contributed by atoms with van der Waals surface area (Å²) in [5.74, 6) is 0.373. The first kappa shape index (κ1) is 18.3. The number of pyridine rings is 1. The quantitative estimate of drug-likeness (QED) is 0.708. The maximum atomic E-state index is 14.4. The lowest BCUT2D eigenvalue weighted by Crippen LogP contribution is -2.16. The van der Waals surface area contributed by atoms with Crippen molar-refractivity contribution in [1.82, 2.24) is 19.7 Å². The molecule has 7 heteroatoms. The summed E-state index contributed by atoms with van der Waals surface area (Å²) in [6.45, 7) is 5.93. The fourth-order valence-electron chi connectivity index (χ4n) is 3.31. The van der Waals surface area contributed by atoms with E-state index in [0.29, 0.717) is 23.3 Å². The molecule has 0 spiro atoms. The first-order valence-corrected chi connectivity index (χ1v) is 9.42. The zero-order chi connectivity index (χ0) is 19.8. The molecule has 1 saturated carbocycles. The molecular formula is C21H22FN5O. The van der Waals surface area contributed by atoms with Crippen LogP contribution in [0.4, 0.5) is 10.2 Å². The molecule has 1 aromatic carbocycles. The number of benzene rings is 1. The van der Waals surface area contributed by atoms with Gasteiger partial charge in [0.2, 0.25) is 0 Å². The van der Waals surface area contributed by atoms with E-state index in [1.165, 1.54) is 6.07 Å². The molecule has 2 heterocycles. The van der Waals surface area contributed by atoms with Crippen LogP contribution in [-0.2, 0) is 0 Å². The Hall–Kier alpha value is -3.09. The van der Waals surface area contributed by atoms with Gasteiger partial charge in [0.05, 0.1) is 5.56 Å². The Labute approximate surface area is 162 Å². The summed E-state index contributed by atoms with van der Waals surface area (Å²) >= 11 is 0. The molecule has 2 aromatic heterocycles. The fraction of sp³-hybridized carbons (Fsp3) is 0.333. The highest BCUT2D eigenvalue weighted by molar-refractivity contribution is 6.04. The van der Waals surface area contributed by atoms with Crippen LogP contribution in [0.15, 0.2) is 36.7 Å². The number of anilines is 1. The summed E-state index contributed by atoms with van der Waals surface area (Å²) in [4.78, 5) is 17.2. The van der Waals surface area contributed by atoms with Gasteiger partial charge in [-0.15, -0.1) is 10.2 Å². The van der Waals surface area contributed by atoms with Gasteiger partial charge in [-0.1, -0.05) is 6.07 Å². The van der Waals surface area contributed by atoms with E-state index in [4.69, 9.17) is 0 Å². The van der Waals surface area contributed by atoms with Crippen molar-refractivity contribution < 1.29 is 9.18 Å². The molecule has 0 radical (unpaired) electrons. The molecule has 1 aliphatic rings. The number of hydrogen-bond acceptors (Lipinski definition) is 4. The molecular weight excluding hydrogens is 357 g/mol. The van der Waals surface area contributed by atoms with Gasteiger partial charge in [-0.05, 0) is 74.9 Å². The van der Waals surface area contributed by atoms with E-state index in [1.54, 1.807) is 30.6 Å². The summed E-state index contributed by atoms with van der Waals surface area (Å²) in [6, 6.07) is 8.54. The SMILES string of the molecule is Cc1cc(F)c(C(=O)Nc2cccc(-c3nncn3C(C)C)n2)cc1C1CC1. The Morgan fingerprint density at radius 1 is 1.29 bits per heavy atom. The molecule has 0 atom stereocenters. The molecule has 1 aliphatic carbocycles. The molecule has 3 aromatic rings. The van der Waals surface area contributed by atoms with Crippen molar-refractivity contribution in [3.05, 3.63) is 59.2 Å². The second kappa shape index (κ2) is 7.14. The van der Waals surface area contributed by atoms with Crippen LogP contribution >= 0.6 is 0 Å². The van der Waals surface area contributed by atoms with Gasteiger partial charge in [0, 0.05) is 6.04 Å². The molecule has 0 aliphatic heterocycles. The highest BCUT2D eigenvalue weighted by Crippen LogP contribution is 2.42. The number of carbonyl (C=O) groups is 1. The minimum atomic E-state index is -0.518. The van der Waals surface area contributed by atoms with Crippen molar-refractivity contribution in [2.45, 2.75) is 45.6 Å². The van der Waals surface area contributed by atoms with E-state index in [9.17, 15) is 9.18 Å². The highest BCUT2D eigenvalue weighted by atomic mass is 19.1. The average molecular weight is 379 g/mol. The van der Waals surface area contributed by atoms with Gasteiger partial charge in [-0.2, -0.15) is 0 Å². The predicted octanol–water partition coefficient (Wildman–Crippen LogP) is 4.50. The Kier molecular flexibility index (Phi) is 4.66. The lowest BCUT2D eigenvalue weighted by atomic mass is 10.00. The number of aromatic nitrogens is 4. The minimum absolute atomic E-state index is 0.0463. The Bertz CT molecular complexity index is 1040. The molecule has 28 heavy (non-hydrogen) atoms. The Balaban J connectivity index is 1.61. The van der Waals surface area contributed by atoms with E-state index >= 15 is 0 Å². The van der Waals surface area contributed by atoms with Crippen LogP contribution in [-0.4, -0.2) is 25.7 Å². The summed E-state index contributed by atoms with van der Waals surface area (Å²) in [5.41, 5.74) is 2.58. The van der Waals surface area contributed by atoms with Gasteiger partial charge in [0.25, 0.3) is 5.91 Å². The van der Waals surface area contributed by atoms with Crippen LogP contribution in [0.25, 0.3) is 11.5 Å². The standard InChI is InChI=1S/C21H22FN5O/c1-12(2)27-11-23-26-20(27)18-5-4-6-19(24-18)25-21(28)16-10-15(14-7-8-14)13(3)9-17(16)22/h4-6,9-12,14H,7-8H2,1-3H3,(H,24,25,28). The van der Waals surface area contributed by atoms with Crippen LogP contribution in [0.5, 0.6) is 0 Å². The third kappa shape index (κ3) is 3.52. The summed E-state index contributed by atoms with van der Waals surface area (Å²) < 4.78 is 16.3. The van der Waals surface area contributed by atoms with E-state index in [1.807, 2.05) is 25.3 Å². The molecule has 0 bridgehead atoms. The third-order valence-electron chi connectivity index (χ3n) is 4.97. The largest absolute Gasteiger partial charge is 0.310 e. The molecule has 1 fully saturated rings. The minimum Gasteiger partial charge on any atom is -0.310 e. The van der Waals surface area contributed by atoms with E-state index in [-0.39, 0.29) is 11.6 Å². The predicted molar refractivity (Wildman–Crippen MR) is 105 cm³/mol. The number of halogens is 1. The van der Waals surface area contributed by atoms with Gasteiger partial charge >= 0.3 is 0 Å². The first-order valence-electron chi connectivity index (χ1n) is 9.42. The average Bonchev–Trinajstić information content (AvgIpc) is 3.36. The molecule has 144 valence electrons. The zero-order valence-electron chi connectivity index (χ0n) is 16.1. The number of carbonyl (C=O) groups excluding carboxylic acids is 1. The van der Waals surface area contributed by atoms with E-state index < -0.39 is 11.7 Å². The van der Waals surface area contributed by atoms with Crippen LogP contribution in [0, 0.1) is 12.7 Å². The topological polar surface area (TPSA) is 72.7 Å². The molecule has 1 amide bonds. The number of rotatable bonds is 5. The first-order chi connectivity index (χ1) is 13.4.